The summed E-state index contributed by atoms with van der Waals surface area (Å²) < 4.78 is 5.28. The van der Waals surface area contributed by atoms with Gasteiger partial charge in [0.2, 0.25) is 5.91 Å². The van der Waals surface area contributed by atoms with Crippen LogP contribution in [0, 0.1) is 0 Å². The number of methoxy groups -OCH3 is 1. The van der Waals surface area contributed by atoms with Gasteiger partial charge in [-0.2, -0.15) is 0 Å². The van der Waals surface area contributed by atoms with Gasteiger partial charge in [-0.05, 0) is 48.6 Å². The average Bonchev–Trinajstić information content (AvgIpc) is 2.54. The van der Waals surface area contributed by atoms with E-state index < -0.39 is 0 Å². The third-order valence-corrected chi connectivity index (χ3v) is 4.34. The second-order valence-corrected chi connectivity index (χ2v) is 5.91. The highest BCUT2D eigenvalue weighted by Crippen LogP contribution is 2.34. The number of ether oxygens (including phenoxy) is 1. The van der Waals surface area contributed by atoms with E-state index in [1.54, 1.807) is 25.3 Å². The Morgan fingerprint density at radius 3 is 2.91 bits per heavy atom. The third kappa shape index (κ3) is 2.95. The van der Waals surface area contributed by atoms with Crippen LogP contribution in [0.2, 0.25) is 5.02 Å². The second kappa shape index (κ2) is 6.41. The molecule has 0 radical (unpaired) electrons. The summed E-state index contributed by atoms with van der Waals surface area (Å²) in [6.07, 6.45) is 2.94. The van der Waals surface area contributed by atoms with E-state index in [2.05, 4.69) is 11.4 Å². The molecular weight excluding hydrogens is 298 g/mol. The van der Waals surface area contributed by atoms with Crippen LogP contribution in [0.3, 0.4) is 0 Å². The van der Waals surface area contributed by atoms with Crippen molar-refractivity contribution in [1.82, 2.24) is 0 Å². The van der Waals surface area contributed by atoms with Crippen LogP contribution in [-0.4, -0.2) is 13.0 Å². The monoisotopic (exact) mass is 315 g/mol. The normalized spacial score (nSPS) is 16.7. The van der Waals surface area contributed by atoms with E-state index in [1.165, 1.54) is 5.56 Å². The molecule has 0 bridgehead atoms. The van der Waals surface area contributed by atoms with Crippen molar-refractivity contribution < 1.29 is 9.53 Å². The number of rotatable bonds is 3. The number of carbonyl (C=O) groups excluding carboxylic acids is 1. The maximum Gasteiger partial charge on any atom is 0.232 e. The Balaban J connectivity index is 1.86. The van der Waals surface area contributed by atoms with Gasteiger partial charge in [-0.3, -0.25) is 4.79 Å². The zero-order valence-electron chi connectivity index (χ0n) is 12.4. The zero-order chi connectivity index (χ0) is 15.5. The summed E-state index contributed by atoms with van der Waals surface area (Å²) in [6.45, 7) is 0. The summed E-state index contributed by atoms with van der Waals surface area (Å²) in [7, 11) is 1.58. The van der Waals surface area contributed by atoms with Crippen LogP contribution in [0.5, 0.6) is 5.75 Å². The van der Waals surface area contributed by atoms with Gasteiger partial charge in [-0.25, -0.2) is 0 Å². The Morgan fingerprint density at radius 1 is 1.27 bits per heavy atom. The van der Waals surface area contributed by atoms with Crippen molar-refractivity contribution in [3.05, 3.63) is 58.6 Å². The molecule has 0 heterocycles. The van der Waals surface area contributed by atoms with Crippen LogP contribution in [0.4, 0.5) is 5.69 Å². The van der Waals surface area contributed by atoms with E-state index in [0.717, 1.165) is 24.8 Å². The number of hydrogen-bond acceptors (Lipinski definition) is 2. The minimum atomic E-state index is -0.117. The molecule has 0 spiro atoms. The van der Waals surface area contributed by atoms with Crippen LogP contribution in [-0.2, 0) is 11.2 Å². The molecule has 0 saturated heterocycles. The van der Waals surface area contributed by atoms with Gasteiger partial charge in [0.1, 0.15) is 5.75 Å². The van der Waals surface area contributed by atoms with E-state index in [1.807, 2.05) is 18.2 Å². The number of fused-ring (bicyclic) bond motifs is 1. The van der Waals surface area contributed by atoms with Gasteiger partial charge in [-0.1, -0.05) is 35.9 Å². The number of carbonyl (C=O) groups is 1. The van der Waals surface area contributed by atoms with Crippen molar-refractivity contribution >= 4 is 23.2 Å². The summed E-state index contributed by atoms with van der Waals surface area (Å²) in [5, 5.41) is 3.53. The molecular formula is C18H18ClNO2. The minimum Gasteiger partial charge on any atom is -0.495 e. The van der Waals surface area contributed by atoms with Gasteiger partial charge in [0.05, 0.1) is 18.7 Å². The standard InChI is InChI=1S/C18H18ClNO2/c1-22-17-10-9-13(19)11-16(17)20-18(21)15-8-4-6-12-5-2-3-7-14(12)15/h2-3,5,7,9-11,15H,4,6,8H2,1H3,(H,20,21). The van der Waals surface area contributed by atoms with E-state index in [0.29, 0.717) is 16.5 Å². The van der Waals surface area contributed by atoms with Crippen molar-refractivity contribution in [2.75, 3.05) is 12.4 Å². The molecule has 0 fully saturated rings. The molecule has 0 saturated carbocycles. The molecule has 1 amide bonds. The predicted molar refractivity (Wildman–Crippen MR) is 88.8 cm³/mol. The Labute approximate surface area is 135 Å². The van der Waals surface area contributed by atoms with Crippen LogP contribution in [0.15, 0.2) is 42.5 Å². The highest BCUT2D eigenvalue weighted by molar-refractivity contribution is 6.31. The van der Waals surface area contributed by atoms with Crippen LogP contribution < -0.4 is 10.1 Å². The fourth-order valence-electron chi connectivity index (χ4n) is 3.02. The lowest BCUT2D eigenvalue weighted by Crippen LogP contribution is -2.24. The van der Waals surface area contributed by atoms with Gasteiger partial charge >= 0.3 is 0 Å². The molecule has 3 rings (SSSR count). The third-order valence-electron chi connectivity index (χ3n) is 4.11. The van der Waals surface area contributed by atoms with E-state index in [4.69, 9.17) is 16.3 Å². The van der Waals surface area contributed by atoms with Crippen molar-refractivity contribution in [2.45, 2.75) is 25.2 Å². The van der Waals surface area contributed by atoms with Gasteiger partial charge in [0, 0.05) is 5.02 Å². The number of benzene rings is 2. The number of hydrogen-bond donors (Lipinski definition) is 1. The number of nitrogens with one attached hydrogen (secondary N) is 1. The van der Waals surface area contributed by atoms with Gasteiger partial charge in [0.25, 0.3) is 0 Å². The van der Waals surface area contributed by atoms with E-state index >= 15 is 0 Å². The first-order valence-electron chi connectivity index (χ1n) is 7.41. The highest BCUT2D eigenvalue weighted by Gasteiger charge is 2.26. The summed E-state index contributed by atoms with van der Waals surface area (Å²) in [5.74, 6) is 0.489. The maximum absolute atomic E-state index is 12.7. The predicted octanol–water partition coefficient (Wildman–Crippen LogP) is 4.41. The van der Waals surface area contributed by atoms with Crippen LogP contribution >= 0.6 is 11.6 Å². The fraction of sp³-hybridized carbons (Fsp3) is 0.278. The van der Waals surface area contributed by atoms with Crippen molar-refractivity contribution in [2.24, 2.45) is 0 Å². The molecule has 4 heteroatoms. The minimum absolute atomic E-state index is 0.00674. The Morgan fingerprint density at radius 2 is 2.09 bits per heavy atom. The number of aryl methyl sites for hydroxylation is 1. The van der Waals surface area contributed by atoms with E-state index in [-0.39, 0.29) is 11.8 Å². The highest BCUT2D eigenvalue weighted by atomic mass is 35.5. The molecule has 0 aliphatic heterocycles. The first-order valence-corrected chi connectivity index (χ1v) is 7.79. The Bertz CT molecular complexity index is 699. The van der Waals surface area contributed by atoms with Crippen LogP contribution in [0.1, 0.15) is 29.9 Å². The second-order valence-electron chi connectivity index (χ2n) is 5.48. The molecule has 0 aromatic heterocycles. The smallest absolute Gasteiger partial charge is 0.232 e. The molecule has 1 atom stereocenters. The van der Waals surface area contributed by atoms with E-state index in [9.17, 15) is 4.79 Å². The van der Waals surface area contributed by atoms with Gasteiger partial charge in [-0.15, -0.1) is 0 Å². The summed E-state index contributed by atoms with van der Waals surface area (Å²) in [4.78, 5) is 12.7. The first kappa shape index (κ1) is 14.9. The Hall–Kier alpha value is -2.00. The maximum atomic E-state index is 12.7. The molecule has 2 aromatic rings. The lowest BCUT2D eigenvalue weighted by molar-refractivity contribution is -0.117. The molecule has 114 valence electrons. The van der Waals surface area contributed by atoms with Crippen LogP contribution in [0.25, 0.3) is 0 Å². The van der Waals surface area contributed by atoms with Crippen molar-refractivity contribution in [3.8, 4) is 5.75 Å². The SMILES string of the molecule is COc1ccc(Cl)cc1NC(=O)C1CCCc2ccccc21. The summed E-state index contributed by atoms with van der Waals surface area (Å²) in [6, 6.07) is 13.4. The zero-order valence-corrected chi connectivity index (χ0v) is 13.2. The lowest BCUT2D eigenvalue weighted by atomic mass is 9.82. The first-order chi connectivity index (χ1) is 10.7. The summed E-state index contributed by atoms with van der Waals surface area (Å²) >= 11 is 6.02. The fourth-order valence-corrected chi connectivity index (χ4v) is 3.20. The molecule has 1 aliphatic rings. The van der Waals surface area contributed by atoms with Gasteiger partial charge in [0.15, 0.2) is 0 Å². The lowest BCUT2D eigenvalue weighted by Gasteiger charge is -2.25. The van der Waals surface area contributed by atoms with Gasteiger partial charge < -0.3 is 10.1 Å². The molecule has 1 unspecified atom stereocenters. The number of halogens is 1. The molecule has 3 nitrogen and oxygen atoms in total. The molecule has 2 aromatic carbocycles. The quantitative estimate of drug-likeness (QED) is 0.911. The molecule has 1 aliphatic carbocycles. The largest absolute Gasteiger partial charge is 0.495 e. The molecule has 1 N–H and O–H groups in total. The van der Waals surface area contributed by atoms with Crippen molar-refractivity contribution in [3.63, 3.8) is 0 Å². The van der Waals surface area contributed by atoms with Crippen molar-refractivity contribution in [1.29, 1.82) is 0 Å². The average molecular weight is 316 g/mol. The summed E-state index contributed by atoms with van der Waals surface area (Å²) in [5.41, 5.74) is 3.02. The number of anilines is 1. The Kier molecular flexibility index (Phi) is 4.34. The molecule has 22 heavy (non-hydrogen) atoms. The topological polar surface area (TPSA) is 38.3 Å². The number of amides is 1.